The van der Waals surface area contributed by atoms with Crippen LogP contribution < -0.4 is 5.32 Å². The van der Waals surface area contributed by atoms with Gasteiger partial charge in [-0.1, -0.05) is 15.9 Å². The van der Waals surface area contributed by atoms with Crippen LogP contribution in [-0.4, -0.2) is 11.5 Å². The van der Waals surface area contributed by atoms with E-state index < -0.39 is 0 Å². The molecule has 3 heteroatoms. The number of halogens is 1. The summed E-state index contributed by atoms with van der Waals surface area (Å²) in [7, 11) is 0. The molecule has 0 radical (unpaired) electrons. The first-order valence-corrected chi connectivity index (χ1v) is 5.81. The summed E-state index contributed by atoms with van der Waals surface area (Å²) in [5.74, 6) is 0.940. The zero-order chi connectivity index (χ0) is 10.8. The van der Waals surface area contributed by atoms with E-state index in [1.165, 1.54) is 10.9 Å². The molecule has 0 aliphatic carbocycles. The number of anilines is 1. The molecular formula is C12H13BrN2. The average Bonchev–Trinajstić information content (AvgIpc) is 2.19. The maximum Gasteiger partial charge on any atom is 0.126 e. The molecule has 15 heavy (non-hydrogen) atoms. The third kappa shape index (κ3) is 2.12. The number of pyridine rings is 1. The Balaban J connectivity index is 2.60. The molecule has 2 rings (SSSR count). The van der Waals surface area contributed by atoms with E-state index in [-0.39, 0.29) is 0 Å². The highest BCUT2D eigenvalue weighted by atomic mass is 79.9. The van der Waals surface area contributed by atoms with Gasteiger partial charge in [0.2, 0.25) is 0 Å². The highest BCUT2D eigenvalue weighted by Gasteiger charge is 2.02. The fourth-order valence-electron chi connectivity index (χ4n) is 1.65. The quantitative estimate of drug-likeness (QED) is 0.894. The fourth-order valence-corrected chi connectivity index (χ4v) is 2.24. The number of aryl methyl sites for hydroxylation is 1. The molecule has 2 aromatic rings. The van der Waals surface area contributed by atoms with E-state index in [9.17, 15) is 0 Å². The van der Waals surface area contributed by atoms with Crippen LogP contribution in [0.15, 0.2) is 28.7 Å². The van der Waals surface area contributed by atoms with Crippen molar-refractivity contribution in [3.63, 3.8) is 0 Å². The van der Waals surface area contributed by atoms with Crippen molar-refractivity contribution in [2.45, 2.75) is 13.8 Å². The Morgan fingerprint density at radius 1 is 1.33 bits per heavy atom. The second-order valence-electron chi connectivity index (χ2n) is 3.52. The summed E-state index contributed by atoms with van der Waals surface area (Å²) in [6, 6.07) is 8.28. The first-order valence-electron chi connectivity index (χ1n) is 5.01. The van der Waals surface area contributed by atoms with Gasteiger partial charge in [-0.3, -0.25) is 0 Å². The maximum atomic E-state index is 4.57. The number of hydrogen-bond acceptors (Lipinski definition) is 2. The summed E-state index contributed by atoms with van der Waals surface area (Å²) in [4.78, 5) is 4.57. The number of rotatable bonds is 2. The van der Waals surface area contributed by atoms with Gasteiger partial charge in [0.15, 0.2) is 0 Å². The number of nitrogens with one attached hydrogen (secondary N) is 1. The normalized spacial score (nSPS) is 10.6. The number of fused-ring (bicyclic) bond motifs is 1. The van der Waals surface area contributed by atoms with Crippen LogP contribution >= 0.6 is 15.9 Å². The molecule has 0 atom stereocenters. The van der Waals surface area contributed by atoms with Crippen molar-refractivity contribution in [3.8, 4) is 0 Å². The van der Waals surface area contributed by atoms with Crippen LogP contribution in [0.4, 0.5) is 5.82 Å². The highest BCUT2D eigenvalue weighted by Crippen LogP contribution is 2.23. The molecule has 0 saturated carbocycles. The Kier molecular flexibility index (Phi) is 2.91. The minimum absolute atomic E-state index is 0.897. The lowest BCUT2D eigenvalue weighted by atomic mass is 10.1. The zero-order valence-electron chi connectivity index (χ0n) is 8.84. The number of benzene rings is 1. The lowest BCUT2D eigenvalue weighted by Gasteiger charge is -2.06. The maximum absolute atomic E-state index is 4.57. The van der Waals surface area contributed by atoms with Crippen LogP contribution in [0.25, 0.3) is 10.9 Å². The van der Waals surface area contributed by atoms with Crippen molar-refractivity contribution in [3.05, 3.63) is 34.3 Å². The Morgan fingerprint density at radius 3 is 2.87 bits per heavy atom. The molecule has 0 amide bonds. The van der Waals surface area contributed by atoms with Crippen molar-refractivity contribution in [1.29, 1.82) is 0 Å². The molecule has 0 bridgehead atoms. The van der Waals surface area contributed by atoms with E-state index >= 15 is 0 Å². The summed E-state index contributed by atoms with van der Waals surface area (Å²) >= 11 is 3.49. The second kappa shape index (κ2) is 4.19. The average molecular weight is 265 g/mol. The largest absolute Gasteiger partial charge is 0.370 e. The molecule has 1 heterocycles. The molecule has 1 aromatic heterocycles. The van der Waals surface area contributed by atoms with E-state index in [1.807, 2.05) is 6.07 Å². The summed E-state index contributed by atoms with van der Waals surface area (Å²) in [5.41, 5.74) is 2.26. The summed E-state index contributed by atoms with van der Waals surface area (Å²) in [6.07, 6.45) is 0. The zero-order valence-corrected chi connectivity index (χ0v) is 10.4. The minimum atomic E-state index is 0.897. The molecule has 0 aliphatic heterocycles. The van der Waals surface area contributed by atoms with Crippen molar-refractivity contribution >= 4 is 32.7 Å². The van der Waals surface area contributed by atoms with Gasteiger partial charge in [-0.25, -0.2) is 4.98 Å². The van der Waals surface area contributed by atoms with E-state index in [1.54, 1.807) is 0 Å². The molecule has 1 aromatic carbocycles. The van der Waals surface area contributed by atoms with E-state index in [2.05, 4.69) is 58.3 Å². The summed E-state index contributed by atoms with van der Waals surface area (Å²) in [5, 5.41) is 4.39. The summed E-state index contributed by atoms with van der Waals surface area (Å²) in [6.45, 7) is 5.05. The van der Waals surface area contributed by atoms with Gasteiger partial charge in [0.1, 0.15) is 5.82 Å². The van der Waals surface area contributed by atoms with Crippen molar-refractivity contribution in [1.82, 2.24) is 4.98 Å². The number of hydrogen-bond donors (Lipinski definition) is 1. The van der Waals surface area contributed by atoms with Gasteiger partial charge in [0.25, 0.3) is 0 Å². The van der Waals surface area contributed by atoms with Crippen LogP contribution in [0.1, 0.15) is 12.5 Å². The smallest absolute Gasteiger partial charge is 0.126 e. The van der Waals surface area contributed by atoms with Crippen molar-refractivity contribution in [2.24, 2.45) is 0 Å². The molecule has 0 unspecified atom stereocenters. The van der Waals surface area contributed by atoms with Crippen LogP contribution in [-0.2, 0) is 0 Å². The van der Waals surface area contributed by atoms with Gasteiger partial charge in [-0.05, 0) is 43.7 Å². The monoisotopic (exact) mass is 264 g/mol. The van der Waals surface area contributed by atoms with Gasteiger partial charge < -0.3 is 5.32 Å². The van der Waals surface area contributed by atoms with Crippen LogP contribution in [0.2, 0.25) is 0 Å². The van der Waals surface area contributed by atoms with Gasteiger partial charge in [-0.2, -0.15) is 0 Å². The van der Waals surface area contributed by atoms with E-state index in [0.29, 0.717) is 0 Å². The molecule has 78 valence electrons. The van der Waals surface area contributed by atoms with Crippen molar-refractivity contribution in [2.75, 3.05) is 11.9 Å². The topological polar surface area (TPSA) is 24.9 Å². The number of nitrogens with zero attached hydrogens (tertiary/aromatic N) is 1. The van der Waals surface area contributed by atoms with Crippen LogP contribution in [0.5, 0.6) is 0 Å². The lowest BCUT2D eigenvalue weighted by Crippen LogP contribution is -1.99. The number of aromatic nitrogens is 1. The van der Waals surface area contributed by atoms with Gasteiger partial charge in [0.05, 0.1) is 5.52 Å². The molecule has 0 aliphatic rings. The van der Waals surface area contributed by atoms with Crippen LogP contribution in [0.3, 0.4) is 0 Å². The predicted molar refractivity (Wildman–Crippen MR) is 68.3 cm³/mol. The Bertz CT molecular complexity index is 494. The highest BCUT2D eigenvalue weighted by molar-refractivity contribution is 9.10. The standard InChI is InChI=1S/C12H13BrN2/c1-3-14-11-5-4-9-7-10(13)6-8(2)12(9)15-11/h4-7H,3H2,1-2H3,(H,14,15). The second-order valence-corrected chi connectivity index (χ2v) is 4.44. The van der Waals surface area contributed by atoms with Gasteiger partial charge >= 0.3 is 0 Å². The molecular weight excluding hydrogens is 252 g/mol. The molecule has 0 saturated heterocycles. The predicted octanol–water partition coefficient (Wildman–Crippen LogP) is 3.74. The van der Waals surface area contributed by atoms with E-state index in [0.717, 1.165) is 22.4 Å². The van der Waals surface area contributed by atoms with Gasteiger partial charge in [-0.15, -0.1) is 0 Å². The SMILES string of the molecule is CCNc1ccc2cc(Br)cc(C)c2n1. The fraction of sp³-hybridized carbons (Fsp3) is 0.250. The Morgan fingerprint density at radius 2 is 2.13 bits per heavy atom. The first-order chi connectivity index (χ1) is 7.20. The molecule has 2 nitrogen and oxygen atoms in total. The third-order valence-electron chi connectivity index (χ3n) is 2.31. The summed E-state index contributed by atoms with van der Waals surface area (Å²) < 4.78 is 1.10. The van der Waals surface area contributed by atoms with Gasteiger partial charge in [0, 0.05) is 16.4 Å². The van der Waals surface area contributed by atoms with E-state index in [4.69, 9.17) is 0 Å². The van der Waals surface area contributed by atoms with Crippen LogP contribution in [0, 0.1) is 6.92 Å². The third-order valence-corrected chi connectivity index (χ3v) is 2.76. The Labute approximate surface area is 97.8 Å². The first kappa shape index (κ1) is 10.4. The van der Waals surface area contributed by atoms with Crippen molar-refractivity contribution < 1.29 is 0 Å². The molecule has 1 N–H and O–H groups in total. The molecule has 0 fully saturated rings. The minimum Gasteiger partial charge on any atom is -0.370 e. The lowest BCUT2D eigenvalue weighted by molar-refractivity contribution is 1.17. The Hall–Kier alpha value is -1.09. The molecule has 0 spiro atoms.